The Kier molecular flexibility index (Phi) is 43.8. The van der Waals surface area contributed by atoms with Crippen molar-refractivity contribution in [1.82, 2.24) is 0 Å². The fourth-order valence-electron chi connectivity index (χ4n) is 6.73. The van der Waals surface area contributed by atoms with E-state index < -0.39 is 32.5 Å². The highest BCUT2D eigenvalue weighted by atomic mass is 31.2. The van der Waals surface area contributed by atoms with Crippen LogP contribution in [0.1, 0.15) is 206 Å². The van der Waals surface area contributed by atoms with Gasteiger partial charge in [0.15, 0.2) is 6.10 Å². The summed E-state index contributed by atoms with van der Waals surface area (Å²) in [5.41, 5.74) is 0. The Morgan fingerprint density at radius 2 is 0.891 bits per heavy atom. The molecular formula is C54H96NO8P. The molecule has 2 unspecified atom stereocenters. The number of ether oxygens (including phenoxy) is 2. The van der Waals surface area contributed by atoms with Crippen LogP contribution < -0.4 is 4.89 Å². The van der Waals surface area contributed by atoms with E-state index in [1.54, 1.807) is 0 Å². The van der Waals surface area contributed by atoms with Gasteiger partial charge in [0.2, 0.25) is 0 Å². The lowest BCUT2D eigenvalue weighted by molar-refractivity contribution is -0.870. The zero-order valence-electron chi connectivity index (χ0n) is 41.7. The minimum atomic E-state index is -4.64. The molecule has 0 saturated carbocycles. The van der Waals surface area contributed by atoms with Crippen molar-refractivity contribution in [3.05, 3.63) is 72.9 Å². The number of allylic oxidation sites excluding steroid dienone is 12. The first-order chi connectivity index (χ1) is 31.0. The van der Waals surface area contributed by atoms with Gasteiger partial charge < -0.3 is 27.9 Å². The second-order valence-corrected chi connectivity index (χ2v) is 19.6. The second-order valence-electron chi connectivity index (χ2n) is 18.1. The van der Waals surface area contributed by atoms with E-state index in [-0.39, 0.29) is 26.1 Å². The number of rotatable bonds is 46. The molecule has 0 saturated heterocycles. The molecule has 0 aliphatic carbocycles. The Balaban J connectivity index is 4.23. The normalized spacial score (nSPS) is 14.0. The van der Waals surface area contributed by atoms with Gasteiger partial charge in [-0.15, -0.1) is 0 Å². The third kappa shape index (κ3) is 48.9. The standard InChI is InChI=1S/C54H96NO8P/c1-6-8-10-12-14-16-18-20-22-23-24-25-26-27-28-29-30-31-33-35-37-39-41-43-45-47-54(57)63-52(51-62-64(58,59)61-49-48-55(3,4)5)50-60-53(56)46-44-42-40-38-36-34-32-21-19-17-15-13-11-9-7-2/h8,10,14-17,20-22,24-25,32,52H,6-7,9,11-13,18-19,23,26-31,33-51H2,1-5H3/b10-8-,16-14-,17-15-,22-20-,25-24-,32-21-. The number of carbonyl (C=O) groups is 2. The fourth-order valence-corrected chi connectivity index (χ4v) is 7.46. The van der Waals surface area contributed by atoms with Gasteiger partial charge in [0, 0.05) is 12.8 Å². The van der Waals surface area contributed by atoms with E-state index in [9.17, 15) is 19.0 Å². The highest BCUT2D eigenvalue weighted by Gasteiger charge is 2.21. The summed E-state index contributed by atoms with van der Waals surface area (Å²) >= 11 is 0. The topological polar surface area (TPSA) is 111 Å². The quantitative estimate of drug-likeness (QED) is 0.0195. The van der Waals surface area contributed by atoms with Crippen LogP contribution in [0.25, 0.3) is 0 Å². The molecule has 64 heavy (non-hydrogen) atoms. The zero-order valence-corrected chi connectivity index (χ0v) is 42.6. The lowest BCUT2D eigenvalue weighted by Crippen LogP contribution is -2.37. The average molecular weight is 918 g/mol. The van der Waals surface area contributed by atoms with Gasteiger partial charge in [0.25, 0.3) is 7.82 Å². The highest BCUT2D eigenvalue weighted by Crippen LogP contribution is 2.38. The Bertz CT molecular complexity index is 1310. The van der Waals surface area contributed by atoms with Crippen LogP contribution in [0.4, 0.5) is 0 Å². The number of quaternary nitrogens is 1. The lowest BCUT2D eigenvalue weighted by Gasteiger charge is -2.28. The summed E-state index contributed by atoms with van der Waals surface area (Å²) in [6.45, 7) is 4.08. The van der Waals surface area contributed by atoms with E-state index in [0.29, 0.717) is 23.9 Å². The number of esters is 2. The molecule has 0 aromatic carbocycles. The number of phosphoric acid groups is 1. The van der Waals surface area contributed by atoms with E-state index >= 15 is 0 Å². The van der Waals surface area contributed by atoms with E-state index in [1.165, 1.54) is 83.5 Å². The number of hydrogen-bond acceptors (Lipinski definition) is 8. The van der Waals surface area contributed by atoms with Crippen LogP contribution in [0.2, 0.25) is 0 Å². The van der Waals surface area contributed by atoms with Gasteiger partial charge in [-0.1, -0.05) is 183 Å². The van der Waals surface area contributed by atoms with Crippen LogP contribution in [0.15, 0.2) is 72.9 Å². The van der Waals surface area contributed by atoms with Gasteiger partial charge >= 0.3 is 11.9 Å². The summed E-state index contributed by atoms with van der Waals surface area (Å²) in [5.74, 6) is -0.853. The molecule has 0 spiro atoms. The highest BCUT2D eigenvalue weighted by molar-refractivity contribution is 7.45. The van der Waals surface area contributed by atoms with Gasteiger partial charge in [0.1, 0.15) is 19.8 Å². The molecule has 10 heteroatoms. The van der Waals surface area contributed by atoms with Crippen molar-refractivity contribution in [3.8, 4) is 0 Å². The molecule has 0 bridgehead atoms. The van der Waals surface area contributed by atoms with E-state index in [0.717, 1.165) is 83.5 Å². The minimum Gasteiger partial charge on any atom is -0.756 e. The maximum atomic E-state index is 12.7. The summed E-state index contributed by atoms with van der Waals surface area (Å²) in [6, 6.07) is 0. The first kappa shape index (κ1) is 61.5. The van der Waals surface area contributed by atoms with Crippen molar-refractivity contribution >= 4 is 19.8 Å². The largest absolute Gasteiger partial charge is 0.756 e. The number of unbranched alkanes of at least 4 members (excludes halogenated alkanes) is 20. The number of likely N-dealkylation sites (N-methyl/N-ethyl adjacent to an activating group) is 1. The van der Waals surface area contributed by atoms with Crippen LogP contribution in [0, 0.1) is 0 Å². The van der Waals surface area contributed by atoms with E-state index in [4.69, 9.17) is 18.5 Å². The summed E-state index contributed by atoms with van der Waals surface area (Å²) in [4.78, 5) is 37.7. The Morgan fingerprint density at radius 3 is 1.33 bits per heavy atom. The maximum absolute atomic E-state index is 12.7. The lowest BCUT2D eigenvalue weighted by atomic mass is 10.0. The summed E-state index contributed by atoms with van der Waals surface area (Å²) in [7, 11) is 1.15. The molecule has 0 heterocycles. The van der Waals surface area contributed by atoms with Crippen LogP contribution in [-0.2, 0) is 32.7 Å². The van der Waals surface area contributed by atoms with Crippen molar-refractivity contribution in [2.75, 3.05) is 47.5 Å². The number of phosphoric ester groups is 1. The molecule has 2 atom stereocenters. The Morgan fingerprint density at radius 1 is 0.500 bits per heavy atom. The van der Waals surface area contributed by atoms with Crippen LogP contribution in [0.3, 0.4) is 0 Å². The summed E-state index contributed by atoms with van der Waals surface area (Å²) in [6.07, 6.45) is 57.9. The van der Waals surface area contributed by atoms with Crippen LogP contribution in [-0.4, -0.2) is 70.0 Å². The van der Waals surface area contributed by atoms with Crippen molar-refractivity contribution in [2.24, 2.45) is 0 Å². The fraction of sp³-hybridized carbons (Fsp3) is 0.741. The predicted molar refractivity (Wildman–Crippen MR) is 268 cm³/mol. The molecule has 0 N–H and O–H groups in total. The number of hydrogen-bond donors (Lipinski definition) is 0. The molecule has 0 radical (unpaired) electrons. The molecule has 0 aliphatic rings. The van der Waals surface area contributed by atoms with Gasteiger partial charge in [0.05, 0.1) is 27.7 Å². The van der Waals surface area contributed by atoms with Crippen molar-refractivity contribution in [2.45, 2.75) is 213 Å². The van der Waals surface area contributed by atoms with Crippen LogP contribution >= 0.6 is 7.82 Å². The summed E-state index contributed by atoms with van der Waals surface area (Å²) < 4.78 is 34.0. The Hall–Kier alpha value is -2.55. The van der Waals surface area contributed by atoms with Crippen molar-refractivity contribution < 1.29 is 42.1 Å². The summed E-state index contributed by atoms with van der Waals surface area (Å²) in [5, 5.41) is 0. The predicted octanol–water partition coefficient (Wildman–Crippen LogP) is 14.7. The van der Waals surface area contributed by atoms with Crippen LogP contribution in [0.5, 0.6) is 0 Å². The number of nitrogens with zero attached hydrogens (tertiary/aromatic N) is 1. The van der Waals surface area contributed by atoms with E-state index in [2.05, 4.69) is 86.8 Å². The molecule has 0 rings (SSSR count). The molecule has 0 aliphatic heterocycles. The third-order valence-corrected chi connectivity index (χ3v) is 11.7. The second kappa shape index (κ2) is 45.6. The smallest absolute Gasteiger partial charge is 0.306 e. The third-order valence-electron chi connectivity index (χ3n) is 10.7. The first-order valence-corrected chi connectivity index (χ1v) is 27.1. The van der Waals surface area contributed by atoms with Crippen molar-refractivity contribution in [3.63, 3.8) is 0 Å². The molecule has 0 amide bonds. The van der Waals surface area contributed by atoms with Gasteiger partial charge in [-0.3, -0.25) is 14.2 Å². The van der Waals surface area contributed by atoms with E-state index in [1.807, 2.05) is 21.1 Å². The monoisotopic (exact) mass is 918 g/mol. The zero-order chi connectivity index (χ0) is 47.1. The Labute approximate surface area is 393 Å². The molecule has 0 aromatic rings. The van der Waals surface area contributed by atoms with Crippen molar-refractivity contribution in [1.29, 1.82) is 0 Å². The van der Waals surface area contributed by atoms with Gasteiger partial charge in [-0.2, -0.15) is 0 Å². The average Bonchev–Trinajstić information content (AvgIpc) is 3.25. The molecule has 370 valence electrons. The van der Waals surface area contributed by atoms with Gasteiger partial charge in [-0.25, -0.2) is 0 Å². The number of carbonyl (C=O) groups excluding carboxylic acids is 2. The maximum Gasteiger partial charge on any atom is 0.306 e. The van der Waals surface area contributed by atoms with Gasteiger partial charge in [-0.05, 0) is 83.5 Å². The molecule has 0 aromatic heterocycles. The SMILES string of the molecule is CC/C=C\C/C=C\C/C=C\C/C=C\CCCCCCCCCCCCCCC(=O)OC(COC(=O)CCCCCCC/C=C\C/C=C\CCCCC)COP(=O)([O-])OCC[N+](C)(C)C. The first-order valence-electron chi connectivity index (χ1n) is 25.6. The molecule has 9 nitrogen and oxygen atoms in total. The molecule has 0 fully saturated rings. The molecular weight excluding hydrogens is 822 g/mol. The minimum absolute atomic E-state index is 0.0362.